The van der Waals surface area contributed by atoms with Gasteiger partial charge in [0.05, 0.1) is 17.4 Å². The van der Waals surface area contributed by atoms with Gasteiger partial charge in [-0.1, -0.05) is 18.5 Å². The zero-order valence-corrected chi connectivity index (χ0v) is 11.1. The number of amides is 1. The molecule has 0 aliphatic rings. The van der Waals surface area contributed by atoms with Crippen LogP contribution in [0.5, 0.6) is 0 Å². The highest BCUT2D eigenvalue weighted by atomic mass is 35.5. The number of thiophene rings is 1. The molecule has 0 aromatic carbocycles. The lowest BCUT2D eigenvalue weighted by atomic mass is 10.2. The van der Waals surface area contributed by atoms with Crippen molar-refractivity contribution in [1.82, 2.24) is 10.6 Å². The van der Waals surface area contributed by atoms with Crippen molar-refractivity contribution in [2.75, 3.05) is 6.54 Å². The number of carbonyl (C=O) groups is 1. The summed E-state index contributed by atoms with van der Waals surface area (Å²) in [5.74, 6) is 0.0184. The Morgan fingerprint density at radius 2 is 2.31 bits per heavy atom. The second-order valence-electron chi connectivity index (χ2n) is 3.67. The summed E-state index contributed by atoms with van der Waals surface area (Å²) in [7, 11) is 0. The highest BCUT2D eigenvalue weighted by molar-refractivity contribution is 7.16. The van der Waals surface area contributed by atoms with Gasteiger partial charge >= 0.3 is 0 Å². The molecule has 0 saturated heterocycles. The molecule has 1 aromatic heterocycles. The third-order valence-corrected chi connectivity index (χ3v) is 3.54. The van der Waals surface area contributed by atoms with E-state index in [2.05, 4.69) is 24.5 Å². The summed E-state index contributed by atoms with van der Waals surface area (Å²) in [5, 5.41) is 5.98. The second-order valence-corrected chi connectivity index (χ2v) is 5.47. The summed E-state index contributed by atoms with van der Waals surface area (Å²) in [6.45, 7) is 5.07. The Morgan fingerprint density at radius 3 is 2.88 bits per heavy atom. The van der Waals surface area contributed by atoms with Gasteiger partial charge in [0, 0.05) is 10.9 Å². The second kappa shape index (κ2) is 6.89. The minimum atomic E-state index is 0.0184. The van der Waals surface area contributed by atoms with Crippen LogP contribution in [0.1, 0.15) is 25.1 Å². The fraction of sp³-hybridized carbons (Fsp3) is 0.545. The SMILES string of the molecule is CCC(C)NCC(=O)NCc1ccc(Cl)s1. The monoisotopic (exact) mass is 260 g/mol. The van der Waals surface area contributed by atoms with Crippen molar-refractivity contribution < 1.29 is 4.79 Å². The number of halogens is 1. The molecule has 1 amide bonds. The van der Waals surface area contributed by atoms with Crippen molar-refractivity contribution in [3.8, 4) is 0 Å². The Morgan fingerprint density at radius 1 is 1.56 bits per heavy atom. The number of hydrogen-bond acceptors (Lipinski definition) is 3. The van der Waals surface area contributed by atoms with Gasteiger partial charge in [0.2, 0.25) is 5.91 Å². The maximum Gasteiger partial charge on any atom is 0.234 e. The molecule has 1 heterocycles. The van der Waals surface area contributed by atoms with Gasteiger partial charge in [-0.3, -0.25) is 4.79 Å². The lowest BCUT2D eigenvalue weighted by Crippen LogP contribution is -2.37. The zero-order chi connectivity index (χ0) is 12.0. The minimum absolute atomic E-state index is 0.0184. The van der Waals surface area contributed by atoms with E-state index in [4.69, 9.17) is 11.6 Å². The third-order valence-electron chi connectivity index (χ3n) is 2.31. The molecule has 16 heavy (non-hydrogen) atoms. The van der Waals surface area contributed by atoms with Gasteiger partial charge < -0.3 is 10.6 Å². The van der Waals surface area contributed by atoms with Gasteiger partial charge in [0.1, 0.15) is 0 Å². The fourth-order valence-corrected chi connectivity index (χ4v) is 2.13. The predicted molar refractivity (Wildman–Crippen MR) is 68.9 cm³/mol. The zero-order valence-electron chi connectivity index (χ0n) is 9.55. The summed E-state index contributed by atoms with van der Waals surface area (Å²) in [6, 6.07) is 4.14. The molecule has 0 aliphatic carbocycles. The number of carbonyl (C=O) groups excluding carboxylic acids is 1. The van der Waals surface area contributed by atoms with Crippen LogP contribution in [-0.2, 0) is 11.3 Å². The first-order valence-corrected chi connectivity index (χ1v) is 6.55. The van der Waals surface area contributed by atoms with E-state index in [-0.39, 0.29) is 5.91 Å². The summed E-state index contributed by atoms with van der Waals surface area (Å²) in [4.78, 5) is 12.5. The van der Waals surface area contributed by atoms with Crippen LogP contribution in [0.2, 0.25) is 4.34 Å². The maximum absolute atomic E-state index is 11.4. The van der Waals surface area contributed by atoms with Gasteiger partial charge in [-0.2, -0.15) is 0 Å². The predicted octanol–water partition coefficient (Wildman–Crippen LogP) is 2.41. The summed E-state index contributed by atoms with van der Waals surface area (Å²) < 4.78 is 0.752. The standard InChI is InChI=1S/C11H17ClN2OS/c1-3-8(2)13-7-11(15)14-6-9-4-5-10(12)16-9/h4-5,8,13H,3,6-7H2,1-2H3,(H,14,15). The minimum Gasteiger partial charge on any atom is -0.350 e. The highest BCUT2D eigenvalue weighted by Crippen LogP contribution is 2.20. The maximum atomic E-state index is 11.4. The number of rotatable bonds is 6. The van der Waals surface area contributed by atoms with Crippen LogP contribution in [0.25, 0.3) is 0 Å². The quantitative estimate of drug-likeness (QED) is 0.825. The van der Waals surface area contributed by atoms with E-state index in [1.165, 1.54) is 11.3 Å². The van der Waals surface area contributed by atoms with Crippen molar-refractivity contribution in [2.45, 2.75) is 32.9 Å². The van der Waals surface area contributed by atoms with Crippen molar-refractivity contribution in [3.05, 3.63) is 21.3 Å². The summed E-state index contributed by atoms with van der Waals surface area (Å²) >= 11 is 7.28. The van der Waals surface area contributed by atoms with Crippen LogP contribution in [0, 0.1) is 0 Å². The van der Waals surface area contributed by atoms with Crippen LogP contribution in [0.4, 0.5) is 0 Å². The van der Waals surface area contributed by atoms with Crippen LogP contribution >= 0.6 is 22.9 Å². The molecule has 0 fully saturated rings. The highest BCUT2D eigenvalue weighted by Gasteiger charge is 2.04. The van der Waals surface area contributed by atoms with E-state index in [9.17, 15) is 4.79 Å². The number of nitrogens with one attached hydrogen (secondary N) is 2. The first-order chi connectivity index (χ1) is 7.61. The third kappa shape index (κ3) is 4.96. The fourth-order valence-electron chi connectivity index (χ4n) is 1.11. The first kappa shape index (κ1) is 13.5. The Balaban J connectivity index is 2.20. The van der Waals surface area contributed by atoms with Crippen molar-refractivity contribution in [2.24, 2.45) is 0 Å². The van der Waals surface area contributed by atoms with E-state index >= 15 is 0 Å². The largest absolute Gasteiger partial charge is 0.350 e. The summed E-state index contributed by atoms with van der Waals surface area (Å²) in [6.07, 6.45) is 1.02. The van der Waals surface area contributed by atoms with Gasteiger partial charge in [0.25, 0.3) is 0 Å². The van der Waals surface area contributed by atoms with Crippen LogP contribution in [-0.4, -0.2) is 18.5 Å². The molecule has 0 saturated carbocycles. The van der Waals surface area contributed by atoms with E-state index in [0.717, 1.165) is 15.6 Å². The van der Waals surface area contributed by atoms with Crippen molar-refractivity contribution in [1.29, 1.82) is 0 Å². The topological polar surface area (TPSA) is 41.1 Å². The Hall–Kier alpha value is -0.580. The molecular formula is C11H17ClN2OS. The molecule has 1 unspecified atom stereocenters. The smallest absolute Gasteiger partial charge is 0.234 e. The average Bonchev–Trinajstić information content (AvgIpc) is 2.69. The van der Waals surface area contributed by atoms with Crippen LogP contribution in [0.3, 0.4) is 0 Å². The molecule has 2 N–H and O–H groups in total. The van der Waals surface area contributed by atoms with Crippen LogP contribution in [0.15, 0.2) is 12.1 Å². The molecule has 1 rings (SSSR count). The van der Waals surface area contributed by atoms with E-state index in [1.54, 1.807) is 0 Å². The van der Waals surface area contributed by atoms with Crippen LogP contribution < -0.4 is 10.6 Å². The molecule has 5 heteroatoms. The van der Waals surface area contributed by atoms with E-state index < -0.39 is 0 Å². The molecule has 90 valence electrons. The lowest BCUT2D eigenvalue weighted by Gasteiger charge is -2.10. The molecule has 0 aliphatic heterocycles. The first-order valence-electron chi connectivity index (χ1n) is 5.36. The molecule has 0 spiro atoms. The molecule has 1 atom stereocenters. The Labute approximate surface area is 105 Å². The Bertz CT molecular complexity index is 340. The van der Waals surface area contributed by atoms with Gasteiger partial charge in [0.15, 0.2) is 0 Å². The molecule has 0 bridgehead atoms. The summed E-state index contributed by atoms with van der Waals surface area (Å²) in [5.41, 5.74) is 0. The Kier molecular flexibility index (Phi) is 5.80. The lowest BCUT2D eigenvalue weighted by molar-refractivity contribution is -0.120. The van der Waals surface area contributed by atoms with E-state index in [0.29, 0.717) is 19.1 Å². The molecule has 1 aromatic rings. The van der Waals surface area contributed by atoms with Gasteiger partial charge in [-0.05, 0) is 25.5 Å². The van der Waals surface area contributed by atoms with Gasteiger partial charge in [-0.15, -0.1) is 11.3 Å². The molecular weight excluding hydrogens is 244 g/mol. The molecule has 3 nitrogen and oxygen atoms in total. The average molecular weight is 261 g/mol. The normalized spacial score (nSPS) is 12.4. The van der Waals surface area contributed by atoms with Crippen molar-refractivity contribution >= 4 is 28.8 Å². The van der Waals surface area contributed by atoms with Crippen molar-refractivity contribution in [3.63, 3.8) is 0 Å². The molecule has 0 radical (unpaired) electrons. The van der Waals surface area contributed by atoms with E-state index in [1.807, 2.05) is 12.1 Å². The van der Waals surface area contributed by atoms with Gasteiger partial charge in [-0.25, -0.2) is 0 Å². The number of hydrogen-bond donors (Lipinski definition) is 2.